The summed E-state index contributed by atoms with van der Waals surface area (Å²) in [6.07, 6.45) is 1.48. The van der Waals surface area contributed by atoms with E-state index in [9.17, 15) is 9.59 Å². The molecule has 1 amide bonds. The third kappa shape index (κ3) is 3.64. The lowest BCUT2D eigenvalue weighted by atomic mass is 10.3. The number of amides is 1. The number of hydrogen-bond donors (Lipinski definition) is 1. The van der Waals surface area contributed by atoms with Crippen molar-refractivity contribution in [3.05, 3.63) is 34.3 Å². The van der Waals surface area contributed by atoms with Gasteiger partial charge >= 0.3 is 5.97 Å². The Kier molecular flexibility index (Phi) is 4.46. The predicted octanol–water partition coefficient (Wildman–Crippen LogP) is 0.935. The SMILES string of the molecule is CN(CCC(=O)O)C(=O)c1cn(Cc2cccs2)nn1. The number of aromatic nitrogens is 3. The molecule has 1 N–H and O–H groups in total. The summed E-state index contributed by atoms with van der Waals surface area (Å²) in [6, 6.07) is 3.93. The molecule has 0 spiro atoms. The highest BCUT2D eigenvalue weighted by Crippen LogP contribution is 2.10. The molecule has 8 heteroatoms. The van der Waals surface area contributed by atoms with Crippen molar-refractivity contribution >= 4 is 23.2 Å². The van der Waals surface area contributed by atoms with E-state index in [1.54, 1.807) is 29.3 Å². The lowest BCUT2D eigenvalue weighted by Gasteiger charge is -2.13. The molecule has 2 heterocycles. The van der Waals surface area contributed by atoms with Gasteiger partial charge in [-0.3, -0.25) is 9.59 Å². The maximum absolute atomic E-state index is 12.0. The zero-order chi connectivity index (χ0) is 14.5. The van der Waals surface area contributed by atoms with Crippen molar-refractivity contribution < 1.29 is 14.7 Å². The summed E-state index contributed by atoms with van der Waals surface area (Å²) >= 11 is 1.60. The molecule has 0 fully saturated rings. The first-order valence-corrected chi connectivity index (χ1v) is 6.84. The smallest absolute Gasteiger partial charge is 0.305 e. The second kappa shape index (κ2) is 6.29. The van der Waals surface area contributed by atoms with E-state index in [1.165, 1.54) is 4.90 Å². The first-order valence-electron chi connectivity index (χ1n) is 5.96. The van der Waals surface area contributed by atoms with Crippen molar-refractivity contribution in [2.24, 2.45) is 0 Å². The van der Waals surface area contributed by atoms with Crippen LogP contribution in [0, 0.1) is 0 Å². The molecule has 106 valence electrons. The Hall–Kier alpha value is -2.22. The monoisotopic (exact) mass is 294 g/mol. The number of carboxylic acid groups (broad SMARTS) is 1. The topological polar surface area (TPSA) is 88.3 Å². The molecule has 0 aliphatic carbocycles. The summed E-state index contributed by atoms with van der Waals surface area (Å²) in [4.78, 5) is 24.9. The highest BCUT2D eigenvalue weighted by molar-refractivity contribution is 7.09. The summed E-state index contributed by atoms with van der Waals surface area (Å²) in [5.41, 5.74) is 0.217. The van der Waals surface area contributed by atoms with Gasteiger partial charge in [-0.2, -0.15) is 0 Å². The third-order valence-corrected chi connectivity index (χ3v) is 3.52. The van der Waals surface area contributed by atoms with Crippen LogP contribution < -0.4 is 0 Å². The molecule has 0 aliphatic rings. The van der Waals surface area contributed by atoms with E-state index < -0.39 is 5.97 Å². The molecule has 0 bridgehead atoms. The van der Waals surface area contributed by atoms with Crippen LogP contribution >= 0.6 is 11.3 Å². The van der Waals surface area contributed by atoms with Crippen molar-refractivity contribution in [1.29, 1.82) is 0 Å². The van der Waals surface area contributed by atoms with Crippen LogP contribution in [0.1, 0.15) is 21.8 Å². The minimum absolute atomic E-state index is 0.0917. The van der Waals surface area contributed by atoms with Gasteiger partial charge in [0.25, 0.3) is 5.91 Å². The van der Waals surface area contributed by atoms with E-state index in [0.29, 0.717) is 6.54 Å². The third-order valence-electron chi connectivity index (χ3n) is 2.66. The van der Waals surface area contributed by atoms with Crippen molar-refractivity contribution in [3.8, 4) is 0 Å². The van der Waals surface area contributed by atoms with Crippen molar-refractivity contribution in [3.63, 3.8) is 0 Å². The molecule has 2 rings (SSSR count). The Balaban J connectivity index is 1.97. The van der Waals surface area contributed by atoms with E-state index in [0.717, 1.165) is 4.88 Å². The van der Waals surface area contributed by atoms with Crippen molar-refractivity contribution in [2.45, 2.75) is 13.0 Å². The average Bonchev–Trinajstić information content (AvgIpc) is 3.07. The van der Waals surface area contributed by atoms with Gasteiger partial charge in [0.2, 0.25) is 0 Å². The van der Waals surface area contributed by atoms with Crippen molar-refractivity contribution in [2.75, 3.05) is 13.6 Å². The highest BCUT2D eigenvalue weighted by atomic mass is 32.1. The predicted molar refractivity (Wildman–Crippen MR) is 72.7 cm³/mol. The number of carbonyl (C=O) groups excluding carboxylic acids is 1. The minimum atomic E-state index is -0.939. The Morgan fingerprint density at radius 3 is 2.95 bits per heavy atom. The number of nitrogens with zero attached hydrogens (tertiary/aromatic N) is 4. The molecule has 0 saturated carbocycles. The van der Waals surface area contributed by atoms with E-state index in [4.69, 9.17) is 5.11 Å². The first kappa shape index (κ1) is 14.2. The zero-order valence-corrected chi connectivity index (χ0v) is 11.7. The van der Waals surface area contributed by atoms with Crippen LogP contribution in [0.5, 0.6) is 0 Å². The van der Waals surface area contributed by atoms with Gasteiger partial charge in [-0.1, -0.05) is 11.3 Å². The molecular weight excluding hydrogens is 280 g/mol. The maximum atomic E-state index is 12.0. The van der Waals surface area contributed by atoms with Crippen LogP contribution in [0.2, 0.25) is 0 Å². The van der Waals surface area contributed by atoms with Crippen LogP contribution in [0.25, 0.3) is 0 Å². The van der Waals surface area contributed by atoms with Gasteiger partial charge in [-0.15, -0.1) is 16.4 Å². The molecule has 7 nitrogen and oxygen atoms in total. The second-order valence-electron chi connectivity index (χ2n) is 4.25. The second-order valence-corrected chi connectivity index (χ2v) is 5.28. The zero-order valence-electron chi connectivity index (χ0n) is 10.9. The standard InChI is InChI=1S/C12H14N4O3S/c1-15(5-4-11(17)18)12(19)10-8-16(14-13-10)7-9-3-2-6-20-9/h2-3,6,8H,4-5,7H2,1H3,(H,17,18). The van der Waals surface area contributed by atoms with Gasteiger partial charge in [0, 0.05) is 18.5 Å². The fourth-order valence-corrected chi connectivity index (χ4v) is 2.29. The van der Waals surface area contributed by atoms with Crippen LogP contribution in [0.15, 0.2) is 23.7 Å². The lowest BCUT2D eigenvalue weighted by Crippen LogP contribution is -2.29. The summed E-state index contributed by atoms with van der Waals surface area (Å²) in [6.45, 7) is 0.711. The molecule has 0 saturated heterocycles. The summed E-state index contributed by atoms with van der Waals surface area (Å²) in [5.74, 6) is -1.27. The molecule has 20 heavy (non-hydrogen) atoms. The summed E-state index contributed by atoms with van der Waals surface area (Å²) in [5, 5.41) is 18.3. The maximum Gasteiger partial charge on any atom is 0.305 e. The van der Waals surface area contributed by atoms with Crippen LogP contribution in [-0.2, 0) is 11.3 Å². The number of aliphatic carboxylic acids is 1. The molecule has 0 aliphatic heterocycles. The molecule has 0 aromatic carbocycles. The normalized spacial score (nSPS) is 10.4. The lowest BCUT2D eigenvalue weighted by molar-refractivity contribution is -0.137. The Labute approximate surface area is 119 Å². The molecule has 0 unspecified atom stereocenters. The van der Waals surface area contributed by atoms with Crippen LogP contribution in [0.4, 0.5) is 0 Å². The van der Waals surface area contributed by atoms with Gasteiger partial charge in [-0.25, -0.2) is 4.68 Å². The van der Waals surface area contributed by atoms with Gasteiger partial charge in [0.05, 0.1) is 19.2 Å². The fraction of sp³-hybridized carbons (Fsp3) is 0.333. The summed E-state index contributed by atoms with van der Waals surface area (Å²) in [7, 11) is 1.55. The Bertz CT molecular complexity index is 594. The molecule has 0 radical (unpaired) electrons. The molecule has 2 aromatic rings. The van der Waals surface area contributed by atoms with E-state index >= 15 is 0 Å². The van der Waals surface area contributed by atoms with Crippen LogP contribution in [0.3, 0.4) is 0 Å². The Morgan fingerprint density at radius 1 is 1.50 bits per heavy atom. The first-order chi connectivity index (χ1) is 9.56. The largest absolute Gasteiger partial charge is 0.481 e. The van der Waals surface area contributed by atoms with Crippen LogP contribution in [-0.4, -0.2) is 50.5 Å². The molecule has 0 atom stereocenters. The minimum Gasteiger partial charge on any atom is -0.481 e. The van der Waals surface area contributed by atoms with Gasteiger partial charge in [0.15, 0.2) is 5.69 Å². The fourth-order valence-electron chi connectivity index (χ4n) is 1.60. The number of thiophene rings is 1. The van der Waals surface area contributed by atoms with Gasteiger partial charge in [0.1, 0.15) is 0 Å². The van der Waals surface area contributed by atoms with Gasteiger partial charge in [-0.05, 0) is 11.4 Å². The number of carboxylic acids is 1. The molecule has 2 aromatic heterocycles. The van der Waals surface area contributed by atoms with E-state index in [-0.39, 0.29) is 24.6 Å². The van der Waals surface area contributed by atoms with E-state index in [2.05, 4.69) is 10.3 Å². The number of rotatable bonds is 6. The van der Waals surface area contributed by atoms with E-state index in [1.807, 2.05) is 17.5 Å². The number of carbonyl (C=O) groups is 2. The molecular formula is C12H14N4O3S. The average molecular weight is 294 g/mol. The highest BCUT2D eigenvalue weighted by Gasteiger charge is 2.16. The number of hydrogen-bond acceptors (Lipinski definition) is 5. The summed E-state index contributed by atoms with van der Waals surface area (Å²) < 4.78 is 1.59. The van der Waals surface area contributed by atoms with Crippen molar-refractivity contribution in [1.82, 2.24) is 19.9 Å². The Morgan fingerprint density at radius 2 is 2.30 bits per heavy atom. The quantitative estimate of drug-likeness (QED) is 0.856. The van der Waals surface area contributed by atoms with Gasteiger partial charge < -0.3 is 10.0 Å².